The van der Waals surface area contributed by atoms with Gasteiger partial charge in [0.1, 0.15) is 0 Å². The first-order valence-electron chi connectivity index (χ1n) is 9.32. The van der Waals surface area contributed by atoms with Gasteiger partial charge in [-0.05, 0) is 24.3 Å². The number of hydrogen-bond donors (Lipinski definition) is 0. The lowest BCUT2D eigenvalue weighted by Crippen LogP contribution is -2.48. The van der Waals surface area contributed by atoms with Crippen molar-refractivity contribution in [2.24, 2.45) is 0 Å². The second kappa shape index (κ2) is 8.46. The summed E-state index contributed by atoms with van der Waals surface area (Å²) in [6, 6.07) is 8.09. The maximum Gasteiger partial charge on any atom is 0.283 e. The molecule has 0 N–H and O–H groups in total. The Morgan fingerprint density at radius 2 is 1.80 bits per heavy atom. The average Bonchev–Trinajstić information content (AvgIpc) is 3.45. The lowest BCUT2D eigenvalue weighted by Gasteiger charge is -2.33. The maximum atomic E-state index is 13.0. The number of aromatic nitrogens is 2. The Hall–Kier alpha value is -2.89. The highest BCUT2D eigenvalue weighted by molar-refractivity contribution is 7.89. The summed E-state index contributed by atoms with van der Waals surface area (Å²) in [5.41, 5.74) is 0. The first-order valence-corrected chi connectivity index (χ1v) is 10.8. The summed E-state index contributed by atoms with van der Waals surface area (Å²) in [5.74, 6) is 2.15. The third kappa shape index (κ3) is 4.04. The highest BCUT2D eigenvalue weighted by Crippen LogP contribution is 2.31. The van der Waals surface area contributed by atoms with Crippen molar-refractivity contribution in [1.29, 1.82) is 0 Å². The molecule has 1 aliphatic rings. The van der Waals surface area contributed by atoms with Crippen LogP contribution in [0.25, 0.3) is 11.7 Å². The first-order chi connectivity index (χ1) is 14.5. The van der Waals surface area contributed by atoms with E-state index < -0.39 is 10.0 Å². The molecule has 0 spiro atoms. The van der Waals surface area contributed by atoms with Crippen molar-refractivity contribution in [3.63, 3.8) is 0 Å². The predicted octanol–water partition coefficient (Wildman–Crippen LogP) is 1.85. The molecule has 1 aromatic carbocycles. The third-order valence-electron chi connectivity index (χ3n) is 4.88. The highest BCUT2D eigenvalue weighted by Gasteiger charge is 2.30. The van der Waals surface area contributed by atoms with Crippen LogP contribution in [-0.4, -0.2) is 68.2 Å². The van der Waals surface area contributed by atoms with Gasteiger partial charge in [0.25, 0.3) is 5.89 Å². The van der Waals surface area contributed by atoms with Crippen molar-refractivity contribution in [3.05, 3.63) is 42.5 Å². The number of benzene rings is 1. The summed E-state index contributed by atoms with van der Waals surface area (Å²) >= 11 is 0. The minimum atomic E-state index is -3.63. The maximum absolute atomic E-state index is 13.0. The minimum absolute atomic E-state index is 0.175. The molecule has 1 saturated heterocycles. The van der Waals surface area contributed by atoms with Crippen LogP contribution in [0.4, 0.5) is 0 Å². The number of rotatable bonds is 7. The van der Waals surface area contributed by atoms with E-state index in [-0.39, 0.29) is 4.90 Å². The Balaban J connectivity index is 1.39. The molecule has 160 valence electrons. The Kier molecular flexibility index (Phi) is 5.75. The summed E-state index contributed by atoms with van der Waals surface area (Å²) in [5, 5.41) is 8.02. The number of sulfonamides is 1. The van der Waals surface area contributed by atoms with Crippen molar-refractivity contribution in [1.82, 2.24) is 19.4 Å². The third-order valence-corrected chi connectivity index (χ3v) is 6.78. The van der Waals surface area contributed by atoms with Gasteiger partial charge in [0, 0.05) is 32.2 Å². The lowest BCUT2D eigenvalue weighted by molar-refractivity contribution is 0.168. The monoisotopic (exact) mass is 434 g/mol. The predicted molar refractivity (Wildman–Crippen MR) is 106 cm³/mol. The zero-order valence-electron chi connectivity index (χ0n) is 16.6. The van der Waals surface area contributed by atoms with E-state index >= 15 is 0 Å². The summed E-state index contributed by atoms with van der Waals surface area (Å²) in [6.07, 6.45) is 1.54. The number of ether oxygens (including phenoxy) is 2. The molecule has 11 heteroatoms. The molecule has 10 nitrogen and oxygen atoms in total. The van der Waals surface area contributed by atoms with Gasteiger partial charge in [0.15, 0.2) is 17.3 Å². The molecule has 0 unspecified atom stereocenters. The van der Waals surface area contributed by atoms with E-state index in [4.69, 9.17) is 18.3 Å². The van der Waals surface area contributed by atoms with E-state index in [2.05, 4.69) is 15.1 Å². The van der Waals surface area contributed by atoms with E-state index in [9.17, 15) is 8.42 Å². The fourth-order valence-corrected chi connectivity index (χ4v) is 4.70. The zero-order chi connectivity index (χ0) is 21.1. The number of nitrogens with zero attached hydrogens (tertiary/aromatic N) is 4. The van der Waals surface area contributed by atoms with Gasteiger partial charge in [-0.1, -0.05) is 0 Å². The van der Waals surface area contributed by atoms with Crippen LogP contribution in [-0.2, 0) is 16.6 Å². The van der Waals surface area contributed by atoms with Crippen LogP contribution in [0.3, 0.4) is 0 Å². The molecule has 0 atom stereocenters. The Bertz CT molecular complexity index is 1090. The molecule has 0 radical (unpaired) electrons. The van der Waals surface area contributed by atoms with Gasteiger partial charge in [-0.25, -0.2) is 8.42 Å². The van der Waals surface area contributed by atoms with Crippen molar-refractivity contribution < 1.29 is 26.7 Å². The van der Waals surface area contributed by atoms with Crippen LogP contribution in [0, 0.1) is 0 Å². The van der Waals surface area contributed by atoms with Gasteiger partial charge in [-0.3, -0.25) is 4.90 Å². The van der Waals surface area contributed by atoms with Gasteiger partial charge in [-0.15, -0.1) is 10.2 Å². The minimum Gasteiger partial charge on any atom is -0.493 e. The molecule has 3 heterocycles. The van der Waals surface area contributed by atoms with Crippen molar-refractivity contribution >= 4 is 10.0 Å². The quantitative estimate of drug-likeness (QED) is 0.550. The second-order valence-electron chi connectivity index (χ2n) is 6.68. The molecule has 0 saturated carbocycles. The van der Waals surface area contributed by atoms with Crippen LogP contribution < -0.4 is 9.47 Å². The molecule has 3 aromatic rings. The molecule has 0 amide bonds. The van der Waals surface area contributed by atoms with Crippen LogP contribution >= 0.6 is 0 Å². The van der Waals surface area contributed by atoms with Crippen LogP contribution in [0.1, 0.15) is 5.89 Å². The molecule has 0 bridgehead atoms. The molecule has 30 heavy (non-hydrogen) atoms. The van der Waals surface area contributed by atoms with Gasteiger partial charge in [0.2, 0.25) is 15.9 Å². The SMILES string of the molecule is COc1ccc(S(=O)(=O)N2CCN(Cc3nnc(-c4ccco4)o3)CC2)cc1OC. The fourth-order valence-electron chi connectivity index (χ4n) is 3.26. The standard InChI is InChI=1S/C19H22N4O6S/c1-26-15-6-5-14(12-17(15)27-2)30(24,25)23-9-7-22(8-10-23)13-18-20-21-19(29-18)16-4-3-11-28-16/h3-6,11-12H,7-10,13H2,1-2H3. The molecule has 2 aromatic heterocycles. The Labute approximate surface area is 174 Å². The van der Waals surface area contributed by atoms with E-state index in [1.807, 2.05) is 0 Å². The van der Waals surface area contributed by atoms with Crippen molar-refractivity contribution in [2.75, 3.05) is 40.4 Å². The molecule has 1 fully saturated rings. The topological polar surface area (TPSA) is 111 Å². The molecular formula is C19H22N4O6S. The van der Waals surface area contributed by atoms with Gasteiger partial charge in [0.05, 0.1) is 31.9 Å². The van der Waals surface area contributed by atoms with E-state index in [1.54, 1.807) is 18.2 Å². The van der Waals surface area contributed by atoms with Crippen LogP contribution in [0.5, 0.6) is 11.5 Å². The first kappa shape index (κ1) is 20.4. The smallest absolute Gasteiger partial charge is 0.283 e. The molecule has 4 rings (SSSR count). The van der Waals surface area contributed by atoms with Crippen molar-refractivity contribution in [3.8, 4) is 23.1 Å². The largest absolute Gasteiger partial charge is 0.493 e. The fraction of sp³-hybridized carbons (Fsp3) is 0.368. The van der Waals surface area contributed by atoms with Gasteiger partial charge >= 0.3 is 0 Å². The van der Waals surface area contributed by atoms with Crippen LogP contribution in [0.15, 0.2) is 50.3 Å². The number of hydrogen-bond acceptors (Lipinski definition) is 9. The van der Waals surface area contributed by atoms with Crippen molar-refractivity contribution in [2.45, 2.75) is 11.4 Å². The lowest BCUT2D eigenvalue weighted by atomic mass is 10.3. The molecule has 0 aliphatic carbocycles. The molecule has 1 aliphatic heterocycles. The Morgan fingerprint density at radius 3 is 2.47 bits per heavy atom. The van der Waals surface area contributed by atoms with Crippen LogP contribution in [0.2, 0.25) is 0 Å². The van der Waals surface area contributed by atoms with Gasteiger partial charge in [-0.2, -0.15) is 4.31 Å². The highest BCUT2D eigenvalue weighted by atomic mass is 32.2. The normalized spacial score (nSPS) is 15.9. The summed E-state index contributed by atoms with van der Waals surface area (Å²) in [6.45, 7) is 2.25. The second-order valence-corrected chi connectivity index (χ2v) is 8.61. The van der Waals surface area contributed by atoms with E-state index in [0.717, 1.165) is 0 Å². The zero-order valence-corrected chi connectivity index (χ0v) is 17.5. The van der Waals surface area contributed by atoms with E-state index in [0.29, 0.717) is 61.8 Å². The Morgan fingerprint density at radius 1 is 1.03 bits per heavy atom. The summed E-state index contributed by atoms with van der Waals surface area (Å²) in [4.78, 5) is 2.24. The number of piperazine rings is 1. The summed E-state index contributed by atoms with van der Waals surface area (Å²) in [7, 11) is -0.654. The van der Waals surface area contributed by atoms with E-state index in [1.165, 1.54) is 36.9 Å². The average molecular weight is 434 g/mol. The number of furan rings is 1. The van der Waals surface area contributed by atoms with Gasteiger partial charge < -0.3 is 18.3 Å². The summed E-state index contributed by atoms with van der Waals surface area (Å²) < 4.78 is 48.8. The number of methoxy groups -OCH3 is 2. The molecular weight excluding hydrogens is 412 g/mol.